The number of aryl methyl sites for hydroxylation is 4. The molecule has 0 heterocycles. The number of nitrogens with zero attached hydrogens (tertiary/aromatic N) is 8. The van der Waals surface area contributed by atoms with E-state index in [4.69, 9.17) is 14.6 Å². The highest BCUT2D eigenvalue weighted by Crippen LogP contribution is 2.39. The van der Waals surface area contributed by atoms with Crippen molar-refractivity contribution in [2.45, 2.75) is 43.9 Å². The van der Waals surface area contributed by atoms with Gasteiger partial charge in [-0.15, -0.1) is 10.2 Å². The van der Waals surface area contributed by atoms with Gasteiger partial charge in [0.05, 0.1) is 47.2 Å². The highest BCUT2D eigenvalue weighted by atomic mass is 32.2. The Kier molecular flexibility index (Phi) is 16.3. The summed E-state index contributed by atoms with van der Waals surface area (Å²) in [6.07, 6.45) is -0.0590. The predicted molar refractivity (Wildman–Crippen MR) is 286 cm³/mol. The summed E-state index contributed by atoms with van der Waals surface area (Å²) < 4.78 is 79.2. The Bertz CT molecular complexity index is 3890. The highest BCUT2D eigenvalue weighted by Gasteiger charge is 2.21. The van der Waals surface area contributed by atoms with E-state index in [2.05, 4.69) is 51.5 Å². The van der Waals surface area contributed by atoms with Gasteiger partial charge in [0, 0.05) is 22.1 Å². The Morgan fingerprint density at radius 2 is 1.03 bits per heavy atom. The molecule has 8 aromatic rings. The van der Waals surface area contributed by atoms with Crippen molar-refractivity contribution in [3.05, 3.63) is 156 Å². The molecule has 388 valence electrons. The number of carboxylic acids is 1. The van der Waals surface area contributed by atoms with Crippen molar-refractivity contribution < 1.29 is 50.4 Å². The molecule has 0 fully saturated rings. The molecule has 0 atom stereocenters. The molecule has 8 rings (SSSR count). The number of phenols is 1. The number of hydrogen-bond acceptors (Lipinski definition) is 18. The Hall–Kier alpha value is -8.87. The zero-order valence-electron chi connectivity index (χ0n) is 41.1. The second-order valence-corrected chi connectivity index (χ2v) is 19.9. The number of aromatic hydroxyl groups is 1. The number of carboxylic acid groups (broad SMARTS) is 1. The minimum atomic E-state index is -4.81. The molecule has 0 saturated heterocycles. The monoisotopic (exact) mass is 1060 g/mol. The molecule has 0 bridgehead atoms. The van der Waals surface area contributed by atoms with Crippen LogP contribution in [0.1, 0.15) is 28.7 Å². The van der Waals surface area contributed by atoms with E-state index in [0.717, 1.165) is 51.7 Å². The third-order valence-corrected chi connectivity index (χ3v) is 13.4. The molecular weight excluding hydrogens is 1020 g/mol. The summed E-state index contributed by atoms with van der Waals surface area (Å²) in [5.74, 6) is -0.281. The largest absolute Gasteiger partial charge is 0.505 e. The van der Waals surface area contributed by atoms with Crippen LogP contribution < -0.4 is 15.4 Å². The number of anilines is 2. The van der Waals surface area contributed by atoms with Crippen molar-refractivity contribution in [2.75, 3.05) is 30.7 Å². The lowest BCUT2D eigenvalue weighted by molar-refractivity contribution is -0.138. The van der Waals surface area contributed by atoms with Crippen LogP contribution in [0.2, 0.25) is 0 Å². The molecule has 0 saturated carbocycles. The van der Waals surface area contributed by atoms with Crippen LogP contribution >= 0.6 is 0 Å². The lowest BCUT2D eigenvalue weighted by Gasteiger charge is -2.12. The van der Waals surface area contributed by atoms with Crippen LogP contribution in [0.25, 0.3) is 21.5 Å². The summed E-state index contributed by atoms with van der Waals surface area (Å²) in [6, 6.07) is 36.3. The first-order valence-corrected chi connectivity index (χ1v) is 25.9. The van der Waals surface area contributed by atoms with Gasteiger partial charge in [0.15, 0.2) is 12.5 Å². The minimum Gasteiger partial charge on any atom is -0.505 e. The summed E-state index contributed by atoms with van der Waals surface area (Å²) in [4.78, 5) is 9.53. The van der Waals surface area contributed by atoms with Crippen LogP contribution in [0.3, 0.4) is 0 Å². The maximum atomic E-state index is 12.2. The standard InChI is InChI=1S/C53H48N10O11S2/c1-31-22-40(12-18-44(31)58-56-39-13-19-45(32(2)23-39)59-63-49-28-43-35(27-51(49)76(70,71)72)6-5-7-50(43)75(67,68)69)57-61-47-24-34(4)48(25-33(47)3)62-60-46-17-8-36-26-38(11-16-42(36)53(46)66)55-30-74-41-14-9-37(10-15-41)54-29-73-21-20-52(64)65/h5-19,22-28,54-55,66H,20-21,29-30H2,1-4H3,(H,64,65)(H,67,68,69)(H,70,71,72). The summed E-state index contributed by atoms with van der Waals surface area (Å²) in [7, 11) is -9.48. The van der Waals surface area contributed by atoms with Gasteiger partial charge in [-0.3, -0.25) is 13.9 Å². The molecule has 8 aromatic carbocycles. The van der Waals surface area contributed by atoms with Crippen LogP contribution in [0.5, 0.6) is 11.5 Å². The summed E-state index contributed by atoms with van der Waals surface area (Å²) >= 11 is 0. The number of aliphatic carboxylic acids is 1. The molecule has 0 radical (unpaired) electrons. The first-order valence-electron chi connectivity index (χ1n) is 23.1. The lowest BCUT2D eigenvalue weighted by atomic mass is 10.1. The van der Waals surface area contributed by atoms with E-state index in [-0.39, 0.29) is 48.7 Å². The van der Waals surface area contributed by atoms with E-state index in [1.54, 1.807) is 61.5 Å². The molecular formula is C53H48N10O11S2. The molecule has 76 heavy (non-hydrogen) atoms. The summed E-state index contributed by atoms with van der Waals surface area (Å²) in [6.45, 7) is 7.86. The molecule has 0 aliphatic heterocycles. The minimum absolute atomic E-state index is 0.0115. The fourth-order valence-corrected chi connectivity index (χ4v) is 8.92. The van der Waals surface area contributed by atoms with E-state index in [9.17, 15) is 35.8 Å². The maximum absolute atomic E-state index is 12.2. The molecule has 23 heteroatoms. The van der Waals surface area contributed by atoms with Crippen molar-refractivity contribution >= 4 is 105 Å². The molecule has 0 amide bonds. The topological polar surface area (TPSA) is 308 Å². The molecule has 0 aliphatic carbocycles. The second kappa shape index (κ2) is 23.1. The van der Waals surface area contributed by atoms with Crippen molar-refractivity contribution in [1.82, 2.24) is 0 Å². The predicted octanol–water partition coefficient (Wildman–Crippen LogP) is 14.4. The Morgan fingerprint density at radius 1 is 0.500 bits per heavy atom. The zero-order chi connectivity index (χ0) is 54.1. The first-order chi connectivity index (χ1) is 36.3. The average Bonchev–Trinajstić information content (AvgIpc) is 3.38. The number of ether oxygens (including phenoxy) is 2. The molecule has 21 nitrogen and oxygen atoms in total. The highest BCUT2D eigenvalue weighted by molar-refractivity contribution is 7.86. The fraction of sp³-hybridized carbons (Fsp3) is 0.151. The van der Waals surface area contributed by atoms with Gasteiger partial charge in [0.1, 0.15) is 33.6 Å². The van der Waals surface area contributed by atoms with Gasteiger partial charge in [-0.05, 0) is 176 Å². The van der Waals surface area contributed by atoms with Gasteiger partial charge in [-0.25, -0.2) is 0 Å². The lowest BCUT2D eigenvalue weighted by Crippen LogP contribution is -2.10. The van der Waals surface area contributed by atoms with Gasteiger partial charge in [0.2, 0.25) is 0 Å². The third kappa shape index (κ3) is 13.4. The van der Waals surface area contributed by atoms with Crippen LogP contribution in [0, 0.1) is 27.7 Å². The van der Waals surface area contributed by atoms with Gasteiger partial charge < -0.3 is 30.3 Å². The third-order valence-electron chi connectivity index (χ3n) is 11.6. The van der Waals surface area contributed by atoms with Gasteiger partial charge in [-0.1, -0.05) is 18.2 Å². The average molecular weight is 1070 g/mol. The van der Waals surface area contributed by atoms with Gasteiger partial charge >= 0.3 is 5.97 Å². The van der Waals surface area contributed by atoms with Crippen LogP contribution in [-0.2, 0) is 29.8 Å². The van der Waals surface area contributed by atoms with Crippen molar-refractivity contribution in [3.8, 4) is 11.5 Å². The quantitative estimate of drug-likeness (QED) is 0.0179. The number of fused-ring (bicyclic) bond motifs is 2. The molecule has 0 spiro atoms. The van der Waals surface area contributed by atoms with E-state index < -0.39 is 36.0 Å². The number of hydrogen-bond donors (Lipinski definition) is 6. The molecule has 6 N–H and O–H groups in total. The van der Waals surface area contributed by atoms with Gasteiger partial charge in [0.25, 0.3) is 20.2 Å². The van der Waals surface area contributed by atoms with Crippen molar-refractivity contribution in [1.29, 1.82) is 0 Å². The maximum Gasteiger partial charge on any atom is 0.305 e. The van der Waals surface area contributed by atoms with E-state index in [0.29, 0.717) is 56.5 Å². The second-order valence-electron chi connectivity index (χ2n) is 17.1. The number of azo groups is 4. The number of phenolic OH excluding ortho intramolecular Hbond substituents is 1. The normalized spacial score (nSPS) is 12.2. The first kappa shape index (κ1) is 53.4. The van der Waals surface area contributed by atoms with Crippen LogP contribution in [-0.4, -0.2) is 62.2 Å². The van der Waals surface area contributed by atoms with E-state index >= 15 is 0 Å². The number of rotatable bonds is 20. The molecule has 0 aliphatic rings. The van der Waals surface area contributed by atoms with Gasteiger partial charge in [-0.2, -0.15) is 47.5 Å². The summed E-state index contributed by atoms with van der Waals surface area (Å²) in [5.41, 5.74) is 7.70. The fourth-order valence-electron chi connectivity index (χ4n) is 7.57. The summed E-state index contributed by atoms with van der Waals surface area (Å²) in [5, 5.41) is 62.4. The number of nitrogens with one attached hydrogen (secondary N) is 2. The van der Waals surface area contributed by atoms with E-state index in [1.165, 1.54) is 12.1 Å². The van der Waals surface area contributed by atoms with Crippen molar-refractivity contribution in [2.24, 2.45) is 40.9 Å². The van der Waals surface area contributed by atoms with E-state index in [1.807, 2.05) is 69.3 Å². The Morgan fingerprint density at radius 3 is 1.64 bits per heavy atom. The van der Waals surface area contributed by atoms with Crippen molar-refractivity contribution in [3.63, 3.8) is 0 Å². The SMILES string of the molecule is Cc1cc(N=Nc2cc(C)c(N=Nc3ccc4cc(NCOc5ccc(NCOCCC(=O)O)cc5)ccc4c3O)cc2C)ccc1N=Nc1ccc(N=Nc2cc3c(S(=O)(=O)O)cccc3cc2S(=O)(=O)O)c(C)c1. The Labute approximate surface area is 435 Å². The van der Waals surface area contributed by atoms with Crippen LogP contribution in [0.15, 0.2) is 184 Å². The molecule has 0 aromatic heterocycles. The number of carbonyl (C=O) groups is 1. The molecule has 0 unspecified atom stereocenters. The Balaban J connectivity index is 0.864. The van der Waals surface area contributed by atoms with Crippen LogP contribution in [0.4, 0.5) is 56.9 Å². The zero-order valence-corrected chi connectivity index (χ0v) is 42.7. The number of benzene rings is 8. The smallest absolute Gasteiger partial charge is 0.305 e.